The number of hydrogen-bond acceptors (Lipinski definition) is 5. The topological polar surface area (TPSA) is 105 Å². The third kappa shape index (κ3) is 9.18. The van der Waals surface area contributed by atoms with Gasteiger partial charge in [0, 0.05) is 32.0 Å². The fourth-order valence-electron chi connectivity index (χ4n) is 3.19. The van der Waals surface area contributed by atoms with Crippen LogP contribution in [0.4, 0.5) is 0 Å². The van der Waals surface area contributed by atoms with Crippen molar-refractivity contribution in [1.29, 1.82) is 0 Å². The smallest absolute Gasteiger partial charge is 0.290 e. The van der Waals surface area contributed by atoms with Gasteiger partial charge < -0.3 is 19.5 Å². The van der Waals surface area contributed by atoms with E-state index in [4.69, 9.17) is 24.5 Å². The van der Waals surface area contributed by atoms with Gasteiger partial charge in [-0.15, -0.1) is 0 Å². The number of carboxylic acid groups (broad SMARTS) is 2. The van der Waals surface area contributed by atoms with Crippen molar-refractivity contribution in [3.8, 4) is 5.75 Å². The van der Waals surface area contributed by atoms with Gasteiger partial charge in [-0.25, -0.2) is 4.98 Å². The second kappa shape index (κ2) is 14.2. The molecule has 154 valence electrons. The van der Waals surface area contributed by atoms with E-state index < -0.39 is 0 Å². The molecule has 1 atom stereocenters. The van der Waals surface area contributed by atoms with Gasteiger partial charge in [0.25, 0.3) is 12.9 Å². The minimum absolute atomic E-state index is 0.250. The number of ether oxygens (including phenoxy) is 1. The Morgan fingerprint density at radius 2 is 1.89 bits per heavy atom. The number of carbonyl (C=O) groups is 2. The van der Waals surface area contributed by atoms with E-state index in [1.54, 1.807) is 0 Å². The molecule has 1 unspecified atom stereocenters. The van der Waals surface area contributed by atoms with E-state index in [9.17, 15) is 0 Å². The van der Waals surface area contributed by atoms with Crippen LogP contribution in [-0.4, -0.2) is 63.8 Å². The first-order chi connectivity index (χ1) is 13.6. The molecule has 2 aromatic rings. The Hall–Kier alpha value is -2.87. The molecule has 0 amide bonds. The zero-order valence-electron chi connectivity index (χ0n) is 16.2. The Balaban J connectivity index is 0.000000582. The van der Waals surface area contributed by atoms with E-state index in [1.165, 1.54) is 19.4 Å². The molecule has 2 heterocycles. The molecule has 1 aromatic heterocycles. The lowest BCUT2D eigenvalue weighted by Crippen LogP contribution is -2.39. The van der Waals surface area contributed by atoms with E-state index in [0.717, 1.165) is 43.7 Å². The van der Waals surface area contributed by atoms with Gasteiger partial charge >= 0.3 is 0 Å². The minimum Gasteiger partial charge on any atom is -0.492 e. The van der Waals surface area contributed by atoms with Crippen molar-refractivity contribution < 1.29 is 24.5 Å². The van der Waals surface area contributed by atoms with Crippen LogP contribution in [0.2, 0.25) is 0 Å². The van der Waals surface area contributed by atoms with Gasteiger partial charge in [-0.1, -0.05) is 18.2 Å². The van der Waals surface area contributed by atoms with Crippen molar-refractivity contribution in [2.24, 2.45) is 5.92 Å². The van der Waals surface area contributed by atoms with Crippen molar-refractivity contribution in [1.82, 2.24) is 14.5 Å². The zero-order valence-corrected chi connectivity index (χ0v) is 16.2. The number of nitrogens with zero attached hydrogens (tertiary/aromatic N) is 3. The van der Waals surface area contributed by atoms with Crippen LogP contribution < -0.4 is 4.74 Å². The van der Waals surface area contributed by atoms with Crippen LogP contribution in [0, 0.1) is 12.8 Å². The third-order valence-electron chi connectivity index (χ3n) is 4.40. The first-order valence-electron chi connectivity index (χ1n) is 9.18. The molecular formula is C20H29N3O5. The van der Waals surface area contributed by atoms with Gasteiger partial charge in [-0.2, -0.15) is 0 Å². The highest BCUT2D eigenvalue weighted by Gasteiger charge is 2.20. The van der Waals surface area contributed by atoms with Crippen LogP contribution in [0.5, 0.6) is 5.75 Å². The van der Waals surface area contributed by atoms with Crippen LogP contribution in [0.15, 0.2) is 42.7 Å². The van der Waals surface area contributed by atoms with Gasteiger partial charge in [-0.05, 0) is 44.4 Å². The first-order valence-corrected chi connectivity index (χ1v) is 9.18. The SMILES string of the molecule is Cc1nccn1CC1CCCN(CCOc2ccccc2)C1.O=CO.O=CO. The molecule has 1 saturated heterocycles. The fraction of sp³-hybridized carbons (Fsp3) is 0.450. The summed E-state index contributed by atoms with van der Waals surface area (Å²) < 4.78 is 8.08. The van der Waals surface area contributed by atoms with Crippen LogP contribution in [0.3, 0.4) is 0 Å². The number of benzene rings is 1. The van der Waals surface area contributed by atoms with E-state index >= 15 is 0 Å². The van der Waals surface area contributed by atoms with Crippen molar-refractivity contribution in [3.63, 3.8) is 0 Å². The van der Waals surface area contributed by atoms with Crippen LogP contribution in [0.25, 0.3) is 0 Å². The highest BCUT2D eigenvalue weighted by atomic mass is 16.5. The Bertz CT molecular complexity index is 657. The summed E-state index contributed by atoms with van der Waals surface area (Å²) in [4.78, 5) is 23.6. The summed E-state index contributed by atoms with van der Waals surface area (Å²) in [6, 6.07) is 10.1. The Morgan fingerprint density at radius 1 is 1.21 bits per heavy atom. The molecule has 8 nitrogen and oxygen atoms in total. The Kier molecular flexibility index (Phi) is 11.8. The van der Waals surface area contributed by atoms with Crippen LogP contribution >= 0.6 is 0 Å². The average Bonchev–Trinajstić information content (AvgIpc) is 3.09. The van der Waals surface area contributed by atoms with Crippen molar-refractivity contribution in [3.05, 3.63) is 48.5 Å². The Morgan fingerprint density at radius 3 is 2.50 bits per heavy atom. The molecule has 0 bridgehead atoms. The average molecular weight is 391 g/mol. The van der Waals surface area contributed by atoms with Crippen LogP contribution in [0.1, 0.15) is 18.7 Å². The molecule has 0 radical (unpaired) electrons. The molecule has 1 fully saturated rings. The van der Waals surface area contributed by atoms with E-state index in [2.05, 4.69) is 27.6 Å². The lowest BCUT2D eigenvalue weighted by Gasteiger charge is -2.33. The summed E-state index contributed by atoms with van der Waals surface area (Å²) in [5.74, 6) is 2.80. The number of hydrogen-bond donors (Lipinski definition) is 2. The predicted molar refractivity (Wildman–Crippen MR) is 105 cm³/mol. The zero-order chi connectivity index (χ0) is 20.6. The molecule has 1 aromatic carbocycles. The van der Waals surface area contributed by atoms with E-state index in [0.29, 0.717) is 0 Å². The minimum atomic E-state index is -0.250. The molecule has 0 saturated carbocycles. The number of imidazole rings is 1. The van der Waals surface area contributed by atoms with Gasteiger partial charge in [0.15, 0.2) is 0 Å². The normalized spacial score (nSPS) is 16.0. The summed E-state index contributed by atoms with van der Waals surface area (Å²) in [6.45, 7) is 6.79. The first kappa shape index (κ1) is 23.2. The summed E-state index contributed by atoms with van der Waals surface area (Å²) in [5, 5.41) is 13.8. The molecule has 8 heteroatoms. The quantitative estimate of drug-likeness (QED) is 0.729. The monoisotopic (exact) mass is 391 g/mol. The van der Waals surface area contributed by atoms with Gasteiger partial charge in [0.05, 0.1) is 0 Å². The van der Waals surface area contributed by atoms with Gasteiger partial charge in [0.1, 0.15) is 18.2 Å². The molecular weight excluding hydrogens is 362 g/mol. The number of aromatic nitrogens is 2. The largest absolute Gasteiger partial charge is 0.492 e. The predicted octanol–water partition coefficient (Wildman–Crippen LogP) is 2.38. The summed E-state index contributed by atoms with van der Waals surface area (Å²) in [7, 11) is 0. The molecule has 0 aliphatic carbocycles. The highest BCUT2D eigenvalue weighted by Crippen LogP contribution is 2.19. The summed E-state index contributed by atoms with van der Waals surface area (Å²) in [6.07, 6.45) is 6.58. The number of rotatable bonds is 6. The molecule has 2 N–H and O–H groups in total. The third-order valence-corrected chi connectivity index (χ3v) is 4.40. The number of piperidine rings is 1. The van der Waals surface area contributed by atoms with Crippen molar-refractivity contribution in [2.45, 2.75) is 26.3 Å². The van der Waals surface area contributed by atoms with E-state index in [1.807, 2.05) is 36.5 Å². The summed E-state index contributed by atoms with van der Waals surface area (Å²) >= 11 is 0. The summed E-state index contributed by atoms with van der Waals surface area (Å²) in [5.41, 5.74) is 0. The molecule has 3 rings (SSSR count). The lowest BCUT2D eigenvalue weighted by molar-refractivity contribution is -0.123. The second-order valence-corrected chi connectivity index (χ2v) is 6.31. The Labute approximate surface area is 165 Å². The van der Waals surface area contributed by atoms with Crippen molar-refractivity contribution in [2.75, 3.05) is 26.2 Å². The lowest BCUT2D eigenvalue weighted by atomic mass is 9.98. The number of aryl methyl sites for hydroxylation is 1. The molecule has 28 heavy (non-hydrogen) atoms. The van der Waals surface area contributed by atoms with E-state index in [-0.39, 0.29) is 12.9 Å². The molecule has 0 spiro atoms. The van der Waals surface area contributed by atoms with Crippen molar-refractivity contribution >= 4 is 12.9 Å². The standard InChI is InChI=1S/C18H25N3O.2CH2O2/c1-16-19-9-11-21(16)15-17-6-5-10-20(14-17)12-13-22-18-7-3-2-4-8-18;2*2-1-3/h2-4,7-9,11,17H,5-6,10,12-15H2,1H3;2*1H,(H,2,3). The van der Waals surface area contributed by atoms with Gasteiger partial charge in [-0.3, -0.25) is 14.5 Å². The molecule has 1 aliphatic heterocycles. The number of para-hydroxylation sites is 1. The van der Waals surface area contributed by atoms with Gasteiger partial charge in [0.2, 0.25) is 0 Å². The number of likely N-dealkylation sites (tertiary alicyclic amines) is 1. The van der Waals surface area contributed by atoms with Crippen LogP contribution in [-0.2, 0) is 16.1 Å². The highest BCUT2D eigenvalue weighted by molar-refractivity contribution is 5.33. The maximum Gasteiger partial charge on any atom is 0.290 e. The maximum absolute atomic E-state index is 8.36. The maximum atomic E-state index is 8.36. The molecule has 1 aliphatic rings. The second-order valence-electron chi connectivity index (χ2n) is 6.31. The fourth-order valence-corrected chi connectivity index (χ4v) is 3.19.